The van der Waals surface area contributed by atoms with Crippen molar-refractivity contribution in [2.45, 2.75) is 59.1 Å². The van der Waals surface area contributed by atoms with Crippen LogP contribution in [0.5, 0.6) is 0 Å². The van der Waals surface area contributed by atoms with Crippen LogP contribution >= 0.6 is 0 Å². The van der Waals surface area contributed by atoms with Gasteiger partial charge in [0, 0.05) is 13.1 Å². The molecule has 22 heavy (non-hydrogen) atoms. The first-order chi connectivity index (χ1) is 10.2. The molecular weight excluding hydrogens is 284 g/mol. The molecule has 0 aromatic carbocycles. The molecule has 0 bridgehead atoms. The van der Waals surface area contributed by atoms with Crippen LogP contribution in [0.25, 0.3) is 0 Å². The van der Waals surface area contributed by atoms with Crippen molar-refractivity contribution in [3.8, 4) is 0 Å². The van der Waals surface area contributed by atoms with Gasteiger partial charge in [-0.3, -0.25) is 0 Å². The fourth-order valence-corrected chi connectivity index (χ4v) is 2.29. The Balaban J connectivity index is 1.91. The molecule has 7 nitrogen and oxygen atoms in total. The number of aromatic nitrogens is 2. The molecule has 1 fully saturated rings. The lowest BCUT2D eigenvalue weighted by Gasteiger charge is -2.28. The first-order valence-electron chi connectivity index (χ1n) is 7.82. The fraction of sp³-hybridized carbons (Fsp3) is 0.800. The number of ether oxygens (including phenoxy) is 1. The third-order valence-corrected chi connectivity index (χ3v) is 3.60. The maximum atomic E-state index is 11.8. The standard InChI is InChI=1S/C15H26N4O3/c1-10-6-8-19(9-7-10)13-17-12(22-18-13)11(2)16-14(20)21-15(3,4)5/h10-11H,6-9H2,1-5H3,(H,16,20)/t11-/m0/s1. The summed E-state index contributed by atoms with van der Waals surface area (Å²) in [6, 6.07) is -0.389. The van der Waals surface area contributed by atoms with Crippen molar-refractivity contribution in [2.24, 2.45) is 5.92 Å². The molecule has 1 amide bonds. The summed E-state index contributed by atoms with van der Waals surface area (Å²) in [5.74, 6) is 1.73. The van der Waals surface area contributed by atoms with E-state index in [1.54, 1.807) is 6.92 Å². The van der Waals surface area contributed by atoms with E-state index in [-0.39, 0.29) is 6.04 Å². The zero-order valence-electron chi connectivity index (χ0n) is 14.0. The molecule has 1 N–H and O–H groups in total. The van der Waals surface area contributed by atoms with Crippen molar-refractivity contribution in [1.29, 1.82) is 0 Å². The number of nitrogens with one attached hydrogen (secondary N) is 1. The summed E-state index contributed by atoms with van der Waals surface area (Å²) < 4.78 is 10.5. The molecule has 0 spiro atoms. The van der Waals surface area contributed by atoms with E-state index in [1.165, 1.54) is 0 Å². The van der Waals surface area contributed by atoms with E-state index in [9.17, 15) is 4.79 Å². The van der Waals surface area contributed by atoms with Crippen LogP contribution in [0.1, 0.15) is 59.4 Å². The molecule has 1 saturated heterocycles. The molecule has 2 heterocycles. The summed E-state index contributed by atoms with van der Waals surface area (Å²) in [4.78, 5) is 18.3. The predicted octanol–water partition coefficient (Wildman–Crippen LogP) is 2.89. The van der Waals surface area contributed by atoms with Gasteiger partial charge in [0.25, 0.3) is 11.8 Å². The molecule has 1 atom stereocenters. The van der Waals surface area contributed by atoms with Crippen LogP contribution in [0.15, 0.2) is 4.52 Å². The van der Waals surface area contributed by atoms with E-state index in [4.69, 9.17) is 9.26 Å². The lowest BCUT2D eigenvalue weighted by molar-refractivity contribution is 0.0499. The second kappa shape index (κ2) is 6.54. The third-order valence-electron chi connectivity index (χ3n) is 3.60. The molecule has 0 unspecified atom stereocenters. The highest BCUT2D eigenvalue weighted by molar-refractivity contribution is 5.68. The Morgan fingerprint density at radius 2 is 2.05 bits per heavy atom. The van der Waals surface area contributed by atoms with Crippen molar-refractivity contribution in [1.82, 2.24) is 15.5 Å². The highest BCUT2D eigenvalue weighted by atomic mass is 16.6. The van der Waals surface area contributed by atoms with Gasteiger partial charge in [0.15, 0.2) is 0 Å². The summed E-state index contributed by atoms with van der Waals surface area (Å²) in [6.45, 7) is 11.4. The Kier molecular flexibility index (Phi) is 4.93. The van der Waals surface area contributed by atoms with Crippen molar-refractivity contribution < 1.29 is 14.1 Å². The van der Waals surface area contributed by atoms with Crippen molar-refractivity contribution in [3.63, 3.8) is 0 Å². The summed E-state index contributed by atoms with van der Waals surface area (Å²) in [6.07, 6.45) is 1.78. The van der Waals surface area contributed by atoms with Gasteiger partial charge in [0.2, 0.25) is 0 Å². The van der Waals surface area contributed by atoms with Crippen LogP contribution < -0.4 is 10.2 Å². The van der Waals surface area contributed by atoms with Crippen LogP contribution in [-0.2, 0) is 4.74 Å². The Bertz CT molecular complexity index is 501. The van der Waals surface area contributed by atoms with Gasteiger partial charge >= 0.3 is 6.09 Å². The van der Waals surface area contributed by atoms with Gasteiger partial charge < -0.3 is 19.5 Å². The molecular formula is C15H26N4O3. The number of carbonyl (C=O) groups excluding carboxylic acids is 1. The molecule has 0 radical (unpaired) electrons. The minimum Gasteiger partial charge on any atom is -0.444 e. The number of hydrogen-bond acceptors (Lipinski definition) is 6. The predicted molar refractivity (Wildman–Crippen MR) is 82.7 cm³/mol. The Morgan fingerprint density at radius 1 is 1.41 bits per heavy atom. The van der Waals surface area contributed by atoms with Crippen LogP contribution in [0, 0.1) is 5.92 Å². The molecule has 124 valence electrons. The van der Waals surface area contributed by atoms with Gasteiger partial charge in [-0.05, 0) is 51.6 Å². The zero-order valence-corrected chi connectivity index (χ0v) is 14.0. The van der Waals surface area contributed by atoms with E-state index < -0.39 is 11.7 Å². The van der Waals surface area contributed by atoms with E-state index in [2.05, 4.69) is 27.3 Å². The van der Waals surface area contributed by atoms with Crippen molar-refractivity contribution in [3.05, 3.63) is 5.89 Å². The van der Waals surface area contributed by atoms with Gasteiger partial charge in [-0.15, -0.1) is 0 Å². The molecule has 7 heteroatoms. The maximum Gasteiger partial charge on any atom is 0.408 e. The molecule has 1 aromatic heterocycles. The van der Waals surface area contributed by atoms with Crippen molar-refractivity contribution in [2.75, 3.05) is 18.0 Å². The minimum atomic E-state index is -0.533. The molecule has 1 aliphatic heterocycles. The molecule has 1 aromatic rings. The number of alkyl carbamates (subject to hydrolysis) is 1. The average Bonchev–Trinajstić information content (AvgIpc) is 2.86. The smallest absolute Gasteiger partial charge is 0.408 e. The van der Waals surface area contributed by atoms with E-state index in [0.29, 0.717) is 11.8 Å². The summed E-state index contributed by atoms with van der Waals surface area (Å²) in [5, 5.41) is 6.72. The topological polar surface area (TPSA) is 80.5 Å². The summed E-state index contributed by atoms with van der Waals surface area (Å²) in [7, 11) is 0. The van der Waals surface area contributed by atoms with Crippen LogP contribution in [0.2, 0.25) is 0 Å². The van der Waals surface area contributed by atoms with Gasteiger partial charge in [0.05, 0.1) is 0 Å². The van der Waals surface area contributed by atoms with Gasteiger partial charge in [-0.2, -0.15) is 4.98 Å². The number of carbonyl (C=O) groups is 1. The zero-order chi connectivity index (χ0) is 16.3. The van der Waals surface area contributed by atoms with E-state index in [1.807, 2.05) is 20.8 Å². The fourth-order valence-electron chi connectivity index (χ4n) is 2.29. The quantitative estimate of drug-likeness (QED) is 0.924. The first-order valence-corrected chi connectivity index (χ1v) is 7.82. The second-order valence-electron chi connectivity index (χ2n) is 6.97. The number of rotatable bonds is 3. The number of piperidine rings is 1. The summed E-state index contributed by atoms with van der Waals surface area (Å²) >= 11 is 0. The first kappa shape index (κ1) is 16.6. The Hall–Kier alpha value is -1.79. The Labute approximate surface area is 131 Å². The second-order valence-corrected chi connectivity index (χ2v) is 6.97. The van der Waals surface area contributed by atoms with Crippen LogP contribution in [-0.4, -0.2) is 34.9 Å². The summed E-state index contributed by atoms with van der Waals surface area (Å²) in [5.41, 5.74) is -0.533. The normalized spacial score (nSPS) is 18.1. The van der Waals surface area contributed by atoms with Crippen molar-refractivity contribution >= 4 is 12.0 Å². The van der Waals surface area contributed by atoms with Gasteiger partial charge in [0.1, 0.15) is 11.6 Å². The lowest BCUT2D eigenvalue weighted by atomic mass is 10.00. The molecule has 1 aliphatic rings. The third kappa shape index (κ3) is 4.61. The number of hydrogen-bond donors (Lipinski definition) is 1. The largest absolute Gasteiger partial charge is 0.444 e. The lowest BCUT2D eigenvalue weighted by Crippen LogP contribution is -2.34. The molecule has 0 aliphatic carbocycles. The maximum absolute atomic E-state index is 11.8. The molecule has 0 saturated carbocycles. The SMILES string of the molecule is CC1CCN(c2noc([C@H](C)NC(=O)OC(C)(C)C)n2)CC1. The Morgan fingerprint density at radius 3 is 2.64 bits per heavy atom. The van der Waals surface area contributed by atoms with E-state index in [0.717, 1.165) is 31.8 Å². The minimum absolute atomic E-state index is 0.388. The van der Waals surface area contributed by atoms with Crippen LogP contribution in [0.4, 0.5) is 10.7 Å². The number of nitrogens with zero attached hydrogens (tertiary/aromatic N) is 3. The van der Waals surface area contributed by atoms with Gasteiger partial charge in [-0.25, -0.2) is 4.79 Å². The number of anilines is 1. The van der Waals surface area contributed by atoms with E-state index >= 15 is 0 Å². The van der Waals surface area contributed by atoms with Crippen LogP contribution in [0.3, 0.4) is 0 Å². The molecule has 2 rings (SSSR count). The average molecular weight is 310 g/mol. The monoisotopic (exact) mass is 310 g/mol. The number of amides is 1. The van der Waals surface area contributed by atoms with Gasteiger partial charge in [-0.1, -0.05) is 6.92 Å². The highest BCUT2D eigenvalue weighted by Gasteiger charge is 2.24. The highest BCUT2D eigenvalue weighted by Crippen LogP contribution is 2.22.